The molecule has 0 saturated carbocycles. The van der Waals surface area contributed by atoms with Crippen molar-refractivity contribution in [3.63, 3.8) is 0 Å². The first-order valence-corrected chi connectivity index (χ1v) is 5.85. The summed E-state index contributed by atoms with van der Waals surface area (Å²) in [5.41, 5.74) is 0. The fourth-order valence-electron chi connectivity index (χ4n) is 1.35. The number of halogens is 1. The molecule has 0 amide bonds. The zero-order valence-electron chi connectivity index (χ0n) is 8.57. The van der Waals surface area contributed by atoms with Gasteiger partial charge in [0.25, 0.3) is 0 Å². The zero-order chi connectivity index (χ0) is 11.5. The SMILES string of the molecule is COC(=O)C=Cc1sc2ccccc2c1Cl. The summed E-state index contributed by atoms with van der Waals surface area (Å²) in [6.07, 6.45) is 3.05. The molecule has 0 atom stereocenters. The van der Waals surface area contributed by atoms with E-state index in [0.29, 0.717) is 5.02 Å². The molecule has 0 aliphatic carbocycles. The molecule has 0 aliphatic rings. The third-order valence-electron chi connectivity index (χ3n) is 2.13. The first kappa shape index (κ1) is 11.2. The highest BCUT2D eigenvalue weighted by Crippen LogP contribution is 2.35. The number of hydrogen-bond acceptors (Lipinski definition) is 3. The van der Waals surface area contributed by atoms with Crippen LogP contribution in [0.3, 0.4) is 0 Å². The minimum Gasteiger partial charge on any atom is -0.466 e. The number of hydrogen-bond donors (Lipinski definition) is 0. The minimum atomic E-state index is -0.381. The lowest BCUT2D eigenvalue weighted by molar-refractivity contribution is -0.134. The van der Waals surface area contributed by atoms with Gasteiger partial charge >= 0.3 is 5.97 Å². The van der Waals surface area contributed by atoms with Crippen LogP contribution in [0.25, 0.3) is 16.2 Å². The number of fused-ring (bicyclic) bond motifs is 1. The Kier molecular flexibility index (Phi) is 3.27. The predicted molar refractivity (Wildman–Crippen MR) is 67.9 cm³/mol. The average Bonchev–Trinajstić information content (AvgIpc) is 2.64. The normalized spacial score (nSPS) is 11.1. The summed E-state index contributed by atoms with van der Waals surface area (Å²) >= 11 is 7.74. The van der Waals surface area contributed by atoms with Crippen LogP contribution in [0.1, 0.15) is 4.88 Å². The smallest absolute Gasteiger partial charge is 0.330 e. The topological polar surface area (TPSA) is 26.3 Å². The van der Waals surface area contributed by atoms with E-state index in [4.69, 9.17) is 11.6 Å². The van der Waals surface area contributed by atoms with Gasteiger partial charge in [0.1, 0.15) is 0 Å². The van der Waals surface area contributed by atoms with Crippen molar-refractivity contribution in [2.45, 2.75) is 0 Å². The Hall–Kier alpha value is -1.32. The van der Waals surface area contributed by atoms with Crippen molar-refractivity contribution in [3.8, 4) is 0 Å². The standard InChI is InChI=1S/C12H9ClO2S/c1-15-11(14)7-6-10-12(13)8-4-2-3-5-9(8)16-10/h2-7H,1H3. The van der Waals surface area contributed by atoms with E-state index >= 15 is 0 Å². The Balaban J connectivity index is 2.42. The number of thiophene rings is 1. The van der Waals surface area contributed by atoms with Gasteiger partial charge in [-0.15, -0.1) is 11.3 Å². The molecular formula is C12H9ClO2S. The lowest BCUT2D eigenvalue weighted by Crippen LogP contribution is -1.92. The third-order valence-corrected chi connectivity index (χ3v) is 3.79. The van der Waals surface area contributed by atoms with Gasteiger partial charge in [0.05, 0.1) is 12.1 Å². The Morgan fingerprint density at radius 2 is 2.19 bits per heavy atom. The third kappa shape index (κ3) is 2.10. The number of carbonyl (C=O) groups is 1. The Morgan fingerprint density at radius 1 is 1.44 bits per heavy atom. The molecule has 82 valence electrons. The lowest BCUT2D eigenvalue weighted by atomic mass is 10.2. The summed E-state index contributed by atoms with van der Waals surface area (Å²) < 4.78 is 5.63. The molecule has 0 spiro atoms. The highest BCUT2D eigenvalue weighted by atomic mass is 35.5. The number of carbonyl (C=O) groups excluding carboxylic acids is 1. The van der Waals surface area contributed by atoms with Gasteiger partial charge in [-0.3, -0.25) is 0 Å². The molecule has 0 aliphatic heterocycles. The van der Waals surface area contributed by atoms with Crippen LogP contribution in [-0.4, -0.2) is 13.1 Å². The van der Waals surface area contributed by atoms with E-state index in [9.17, 15) is 4.79 Å². The monoisotopic (exact) mass is 252 g/mol. The van der Waals surface area contributed by atoms with Gasteiger partial charge in [0.2, 0.25) is 0 Å². The number of benzene rings is 1. The van der Waals surface area contributed by atoms with Crippen LogP contribution in [-0.2, 0) is 9.53 Å². The molecule has 0 fully saturated rings. The van der Waals surface area contributed by atoms with Crippen molar-refractivity contribution in [2.24, 2.45) is 0 Å². The molecule has 1 aromatic carbocycles. The summed E-state index contributed by atoms with van der Waals surface area (Å²) in [5.74, 6) is -0.381. The Bertz CT molecular complexity index is 557. The van der Waals surface area contributed by atoms with E-state index in [1.165, 1.54) is 13.2 Å². The maximum absolute atomic E-state index is 11.0. The molecule has 0 radical (unpaired) electrons. The van der Waals surface area contributed by atoms with Gasteiger partial charge in [-0.25, -0.2) is 4.79 Å². The first-order chi connectivity index (χ1) is 7.72. The summed E-state index contributed by atoms with van der Waals surface area (Å²) in [4.78, 5) is 11.8. The molecule has 2 rings (SSSR count). The van der Waals surface area contributed by atoms with Gasteiger partial charge in [-0.2, -0.15) is 0 Å². The highest BCUT2D eigenvalue weighted by Gasteiger charge is 2.07. The van der Waals surface area contributed by atoms with E-state index in [2.05, 4.69) is 4.74 Å². The first-order valence-electron chi connectivity index (χ1n) is 4.65. The molecule has 4 heteroatoms. The van der Waals surface area contributed by atoms with Crippen LogP contribution in [0.2, 0.25) is 5.02 Å². The van der Waals surface area contributed by atoms with E-state index < -0.39 is 0 Å². The second-order valence-electron chi connectivity index (χ2n) is 3.13. The largest absolute Gasteiger partial charge is 0.466 e. The van der Waals surface area contributed by atoms with E-state index in [0.717, 1.165) is 15.0 Å². The Morgan fingerprint density at radius 3 is 2.88 bits per heavy atom. The van der Waals surface area contributed by atoms with Crippen molar-refractivity contribution in [1.29, 1.82) is 0 Å². The zero-order valence-corrected chi connectivity index (χ0v) is 10.1. The second kappa shape index (κ2) is 4.68. The van der Waals surface area contributed by atoms with Gasteiger partial charge < -0.3 is 4.74 Å². The average molecular weight is 253 g/mol. The van der Waals surface area contributed by atoms with E-state index in [1.54, 1.807) is 17.4 Å². The van der Waals surface area contributed by atoms with Crippen molar-refractivity contribution in [3.05, 3.63) is 40.2 Å². The summed E-state index contributed by atoms with van der Waals surface area (Å²) in [7, 11) is 1.35. The van der Waals surface area contributed by atoms with Crippen LogP contribution in [0, 0.1) is 0 Å². The van der Waals surface area contributed by atoms with Crippen molar-refractivity contribution >= 4 is 45.1 Å². The summed E-state index contributed by atoms with van der Waals surface area (Å²) in [5, 5.41) is 1.69. The number of methoxy groups -OCH3 is 1. The molecule has 2 aromatic rings. The van der Waals surface area contributed by atoms with Crippen LogP contribution in [0.15, 0.2) is 30.3 Å². The number of rotatable bonds is 2. The maximum atomic E-state index is 11.0. The fraction of sp³-hybridized carbons (Fsp3) is 0.0833. The number of ether oxygens (including phenoxy) is 1. The quantitative estimate of drug-likeness (QED) is 0.601. The van der Waals surface area contributed by atoms with Crippen LogP contribution >= 0.6 is 22.9 Å². The van der Waals surface area contributed by atoms with Gasteiger partial charge in [-0.05, 0) is 12.1 Å². The molecule has 0 N–H and O–H groups in total. The van der Waals surface area contributed by atoms with Gasteiger partial charge in [0.15, 0.2) is 0 Å². The minimum absolute atomic E-state index is 0.381. The molecule has 1 aromatic heterocycles. The van der Waals surface area contributed by atoms with E-state index in [1.807, 2.05) is 24.3 Å². The van der Waals surface area contributed by atoms with Crippen molar-refractivity contribution in [2.75, 3.05) is 7.11 Å². The van der Waals surface area contributed by atoms with Crippen LogP contribution in [0.4, 0.5) is 0 Å². The van der Waals surface area contributed by atoms with Crippen molar-refractivity contribution < 1.29 is 9.53 Å². The highest BCUT2D eigenvalue weighted by molar-refractivity contribution is 7.20. The van der Waals surface area contributed by atoms with Crippen LogP contribution < -0.4 is 0 Å². The lowest BCUT2D eigenvalue weighted by Gasteiger charge is -1.90. The molecule has 0 saturated heterocycles. The molecule has 2 nitrogen and oxygen atoms in total. The van der Waals surface area contributed by atoms with E-state index in [-0.39, 0.29) is 5.97 Å². The fourth-order valence-corrected chi connectivity index (χ4v) is 2.75. The molecular weight excluding hydrogens is 244 g/mol. The predicted octanol–water partition coefficient (Wildman–Crippen LogP) is 3.74. The van der Waals surface area contributed by atoms with Gasteiger partial charge in [0, 0.05) is 21.0 Å². The summed E-state index contributed by atoms with van der Waals surface area (Å²) in [6.45, 7) is 0. The van der Waals surface area contributed by atoms with Crippen LogP contribution in [0.5, 0.6) is 0 Å². The molecule has 0 bridgehead atoms. The molecule has 1 heterocycles. The second-order valence-corrected chi connectivity index (χ2v) is 4.59. The summed E-state index contributed by atoms with van der Waals surface area (Å²) in [6, 6.07) is 7.86. The maximum Gasteiger partial charge on any atom is 0.330 e. The Labute approximate surface area is 102 Å². The number of esters is 1. The van der Waals surface area contributed by atoms with Gasteiger partial charge in [-0.1, -0.05) is 29.8 Å². The molecule has 16 heavy (non-hydrogen) atoms. The van der Waals surface area contributed by atoms with Crippen molar-refractivity contribution in [1.82, 2.24) is 0 Å². The molecule has 0 unspecified atom stereocenters.